The molecule has 0 fully saturated rings. The first-order chi connectivity index (χ1) is 11.4. The smallest absolute Gasteiger partial charge is 0.269 e. The number of non-ortho nitro benzene ring substituents is 1. The minimum absolute atomic E-state index is 0.0155. The molecule has 1 N–H and O–H groups in total. The van der Waals surface area contributed by atoms with Crippen LogP contribution in [-0.4, -0.2) is 29.3 Å². The number of anilines is 1. The van der Waals surface area contributed by atoms with Gasteiger partial charge in [-0.3, -0.25) is 19.8 Å². The van der Waals surface area contributed by atoms with Gasteiger partial charge < -0.3 is 5.32 Å². The molecule has 0 atom stereocenters. The summed E-state index contributed by atoms with van der Waals surface area (Å²) in [6.07, 6.45) is 0. The molecule has 6 nitrogen and oxygen atoms in total. The molecule has 0 unspecified atom stereocenters. The molecule has 126 valence electrons. The summed E-state index contributed by atoms with van der Waals surface area (Å²) in [5.41, 5.74) is 0.715. The van der Waals surface area contributed by atoms with Gasteiger partial charge in [0.1, 0.15) is 5.82 Å². The highest BCUT2D eigenvalue weighted by Crippen LogP contribution is 2.20. The fourth-order valence-electron chi connectivity index (χ4n) is 2.12. The number of hydrogen-bond acceptors (Lipinski definition) is 4. The topological polar surface area (TPSA) is 75.5 Å². The van der Waals surface area contributed by atoms with Crippen molar-refractivity contribution in [2.75, 3.05) is 18.9 Å². The van der Waals surface area contributed by atoms with E-state index < -0.39 is 10.7 Å². The number of nitrogens with zero attached hydrogens (tertiary/aromatic N) is 2. The largest absolute Gasteiger partial charge is 0.325 e. The van der Waals surface area contributed by atoms with Gasteiger partial charge in [-0.15, -0.1) is 0 Å². The summed E-state index contributed by atoms with van der Waals surface area (Å²) < 4.78 is 13.7. The van der Waals surface area contributed by atoms with Gasteiger partial charge in [0.15, 0.2) is 0 Å². The Morgan fingerprint density at radius 3 is 2.54 bits per heavy atom. The van der Waals surface area contributed by atoms with Crippen LogP contribution in [0.4, 0.5) is 15.8 Å². The first-order valence-electron chi connectivity index (χ1n) is 7.02. The van der Waals surface area contributed by atoms with Crippen LogP contribution < -0.4 is 5.32 Å². The van der Waals surface area contributed by atoms with Crippen molar-refractivity contribution in [1.29, 1.82) is 0 Å². The molecular weight excluding hydrogens is 337 g/mol. The van der Waals surface area contributed by atoms with Crippen molar-refractivity contribution in [2.24, 2.45) is 0 Å². The minimum atomic E-state index is -0.516. The molecule has 1 amide bonds. The highest BCUT2D eigenvalue weighted by Gasteiger charge is 2.13. The zero-order valence-corrected chi connectivity index (χ0v) is 13.6. The number of benzene rings is 2. The molecule has 0 radical (unpaired) electrons. The maximum Gasteiger partial charge on any atom is 0.269 e. The molecule has 0 aromatic heterocycles. The second-order valence-corrected chi connectivity index (χ2v) is 5.63. The fraction of sp³-hybridized carbons (Fsp3) is 0.188. The summed E-state index contributed by atoms with van der Waals surface area (Å²) in [5, 5.41) is 13.5. The van der Waals surface area contributed by atoms with E-state index in [1.165, 1.54) is 36.4 Å². The van der Waals surface area contributed by atoms with E-state index in [1.807, 2.05) is 0 Å². The lowest BCUT2D eigenvalue weighted by Gasteiger charge is -2.17. The van der Waals surface area contributed by atoms with Crippen molar-refractivity contribution >= 4 is 28.9 Å². The predicted molar refractivity (Wildman–Crippen MR) is 89.5 cm³/mol. The first-order valence-corrected chi connectivity index (χ1v) is 7.40. The zero-order chi connectivity index (χ0) is 17.7. The van der Waals surface area contributed by atoms with Gasteiger partial charge in [0, 0.05) is 35.0 Å². The molecule has 24 heavy (non-hydrogen) atoms. The molecule has 0 aliphatic carbocycles. The zero-order valence-electron chi connectivity index (χ0n) is 12.8. The summed E-state index contributed by atoms with van der Waals surface area (Å²) in [6.45, 7) is 0.195. The number of nitro benzene ring substituents is 1. The Kier molecular flexibility index (Phi) is 5.83. The lowest BCUT2D eigenvalue weighted by molar-refractivity contribution is -0.384. The Bertz CT molecular complexity index is 732. The van der Waals surface area contributed by atoms with Gasteiger partial charge in [-0.2, -0.15) is 0 Å². The fourth-order valence-corrected chi connectivity index (χ4v) is 2.34. The Morgan fingerprint density at radius 2 is 1.96 bits per heavy atom. The number of likely N-dealkylation sites (N-methyl/N-ethyl adjacent to an activating group) is 1. The SMILES string of the molecule is CN(CC(=O)Nc1ccc([N+](=O)[O-])cc1)Cc1c(F)cccc1Cl. The van der Waals surface area contributed by atoms with Gasteiger partial charge in [0.2, 0.25) is 5.91 Å². The van der Waals surface area contributed by atoms with Crippen LogP contribution in [0.1, 0.15) is 5.56 Å². The summed E-state index contributed by atoms with van der Waals surface area (Å²) >= 11 is 5.96. The van der Waals surface area contributed by atoms with Gasteiger partial charge in [-0.05, 0) is 31.3 Å². The summed E-state index contributed by atoms with van der Waals surface area (Å²) in [7, 11) is 1.66. The Balaban J connectivity index is 1.93. The van der Waals surface area contributed by atoms with Gasteiger partial charge in [-0.1, -0.05) is 17.7 Å². The molecule has 0 bridgehead atoms. The van der Waals surface area contributed by atoms with Crippen LogP contribution in [0.5, 0.6) is 0 Å². The number of nitro groups is 1. The molecule has 2 aromatic carbocycles. The van der Waals surface area contributed by atoms with Gasteiger partial charge in [-0.25, -0.2) is 4.39 Å². The van der Waals surface area contributed by atoms with E-state index >= 15 is 0 Å². The monoisotopic (exact) mass is 351 g/mol. The molecule has 0 spiro atoms. The van der Waals surface area contributed by atoms with Gasteiger partial charge in [0.05, 0.1) is 11.5 Å². The normalized spacial score (nSPS) is 10.7. The number of nitrogens with one attached hydrogen (secondary N) is 1. The summed E-state index contributed by atoms with van der Waals surface area (Å²) in [5.74, 6) is -0.746. The van der Waals surface area contributed by atoms with Crippen LogP contribution >= 0.6 is 11.6 Å². The number of carbonyl (C=O) groups is 1. The summed E-state index contributed by atoms with van der Waals surface area (Å²) in [6, 6.07) is 9.92. The van der Waals surface area contributed by atoms with E-state index in [2.05, 4.69) is 5.32 Å². The molecular formula is C16H15ClFN3O3. The Morgan fingerprint density at radius 1 is 1.29 bits per heavy atom. The maximum absolute atomic E-state index is 13.7. The standard InChI is InChI=1S/C16H15ClFN3O3/c1-20(9-13-14(17)3-2-4-15(13)18)10-16(22)19-11-5-7-12(8-6-11)21(23)24/h2-8H,9-10H2,1H3,(H,19,22). The second-order valence-electron chi connectivity index (χ2n) is 5.22. The number of halogens is 2. The van der Waals surface area contributed by atoms with Crippen LogP contribution in [0.15, 0.2) is 42.5 Å². The third kappa shape index (κ3) is 4.74. The van der Waals surface area contributed by atoms with E-state index in [-0.39, 0.29) is 24.7 Å². The van der Waals surface area contributed by atoms with E-state index in [9.17, 15) is 19.3 Å². The molecule has 0 aliphatic heterocycles. The highest BCUT2D eigenvalue weighted by atomic mass is 35.5. The van der Waals surface area contributed by atoms with Crippen molar-refractivity contribution < 1.29 is 14.1 Å². The van der Waals surface area contributed by atoms with Crippen LogP contribution in [0.2, 0.25) is 5.02 Å². The number of hydrogen-bond donors (Lipinski definition) is 1. The molecule has 2 aromatic rings. The van der Waals surface area contributed by atoms with Crippen LogP contribution in [0.3, 0.4) is 0 Å². The highest BCUT2D eigenvalue weighted by molar-refractivity contribution is 6.31. The molecule has 0 aliphatic rings. The minimum Gasteiger partial charge on any atom is -0.325 e. The number of rotatable bonds is 6. The van der Waals surface area contributed by atoms with Gasteiger partial charge >= 0.3 is 0 Å². The van der Waals surface area contributed by atoms with Crippen molar-refractivity contribution in [1.82, 2.24) is 4.90 Å². The first kappa shape index (κ1) is 17.8. The van der Waals surface area contributed by atoms with E-state index in [0.29, 0.717) is 16.3 Å². The Hall–Kier alpha value is -2.51. The van der Waals surface area contributed by atoms with Crippen LogP contribution in [0.25, 0.3) is 0 Å². The van der Waals surface area contributed by atoms with Crippen molar-refractivity contribution in [3.05, 3.63) is 69.0 Å². The van der Waals surface area contributed by atoms with Crippen molar-refractivity contribution in [3.8, 4) is 0 Å². The lowest BCUT2D eigenvalue weighted by Crippen LogP contribution is -2.30. The Labute approximate surface area is 143 Å². The molecule has 0 heterocycles. The molecule has 2 rings (SSSR count). The molecule has 8 heteroatoms. The summed E-state index contributed by atoms with van der Waals surface area (Å²) in [4.78, 5) is 23.7. The van der Waals surface area contributed by atoms with Crippen LogP contribution in [-0.2, 0) is 11.3 Å². The number of amides is 1. The molecule has 0 saturated heterocycles. The van der Waals surface area contributed by atoms with Crippen molar-refractivity contribution in [2.45, 2.75) is 6.54 Å². The van der Waals surface area contributed by atoms with Crippen LogP contribution in [0, 0.1) is 15.9 Å². The maximum atomic E-state index is 13.7. The van der Waals surface area contributed by atoms with Gasteiger partial charge in [0.25, 0.3) is 5.69 Å². The third-order valence-corrected chi connectivity index (χ3v) is 3.62. The quantitative estimate of drug-likeness (QED) is 0.638. The average Bonchev–Trinajstić information content (AvgIpc) is 2.51. The van der Waals surface area contributed by atoms with E-state index in [1.54, 1.807) is 18.0 Å². The second kappa shape index (κ2) is 7.85. The average molecular weight is 352 g/mol. The van der Waals surface area contributed by atoms with E-state index in [4.69, 9.17) is 11.6 Å². The predicted octanol–water partition coefficient (Wildman–Crippen LogP) is 3.46. The lowest BCUT2D eigenvalue weighted by atomic mass is 10.2. The number of carbonyl (C=O) groups excluding carboxylic acids is 1. The van der Waals surface area contributed by atoms with Crippen molar-refractivity contribution in [3.63, 3.8) is 0 Å². The third-order valence-electron chi connectivity index (χ3n) is 3.27. The molecule has 0 saturated carbocycles. The van der Waals surface area contributed by atoms with E-state index in [0.717, 1.165) is 0 Å².